The van der Waals surface area contributed by atoms with Gasteiger partial charge in [0, 0.05) is 6.04 Å². The minimum Gasteiger partial charge on any atom is -0.323 e. The summed E-state index contributed by atoms with van der Waals surface area (Å²) in [6, 6.07) is 0.345. The number of hydrogen-bond donors (Lipinski definition) is 1. The molecule has 3 nitrogen and oxygen atoms in total. The maximum Gasteiger partial charge on any atom is 0.240 e. The van der Waals surface area contributed by atoms with Gasteiger partial charge in [-0.3, -0.25) is 10.1 Å². The van der Waals surface area contributed by atoms with Crippen LogP contribution in [0, 0.1) is 5.92 Å². The lowest BCUT2D eigenvalue weighted by Crippen LogP contribution is -2.43. The third-order valence-electron chi connectivity index (χ3n) is 3.88. The van der Waals surface area contributed by atoms with Gasteiger partial charge in [-0.05, 0) is 32.6 Å². The van der Waals surface area contributed by atoms with E-state index in [2.05, 4.69) is 37.9 Å². The van der Waals surface area contributed by atoms with Crippen LogP contribution < -0.4 is 5.32 Å². The van der Waals surface area contributed by atoms with Gasteiger partial charge in [0.1, 0.15) is 0 Å². The summed E-state index contributed by atoms with van der Waals surface area (Å²) in [4.78, 5) is 14.2. The largest absolute Gasteiger partial charge is 0.323 e. The second kappa shape index (κ2) is 6.39. The predicted molar refractivity (Wildman–Crippen MR) is 71.7 cm³/mol. The molecule has 17 heavy (non-hydrogen) atoms. The summed E-state index contributed by atoms with van der Waals surface area (Å²) >= 11 is 0. The first-order valence-corrected chi connectivity index (χ1v) is 7.09. The van der Waals surface area contributed by atoms with Gasteiger partial charge in [0.15, 0.2) is 0 Å². The van der Waals surface area contributed by atoms with Gasteiger partial charge >= 0.3 is 0 Å². The molecular formula is C14H28N2O. The SMILES string of the molecule is CCCC1NC(C)C(=O)N1C(C)CC(C)CC. The van der Waals surface area contributed by atoms with Crippen molar-refractivity contribution in [2.75, 3.05) is 0 Å². The van der Waals surface area contributed by atoms with Crippen molar-refractivity contribution < 1.29 is 4.79 Å². The Morgan fingerprint density at radius 1 is 1.35 bits per heavy atom. The summed E-state index contributed by atoms with van der Waals surface area (Å²) in [7, 11) is 0. The molecular weight excluding hydrogens is 212 g/mol. The third kappa shape index (κ3) is 3.44. The van der Waals surface area contributed by atoms with Gasteiger partial charge in [-0.2, -0.15) is 0 Å². The molecule has 1 fully saturated rings. The molecule has 100 valence electrons. The maximum atomic E-state index is 12.2. The highest BCUT2D eigenvalue weighted by Crippen LogP contribution is 2.22. The molecule has 0 spiro atoms. The molecule has 3 heteroatoms. The van der Waals surface area contributed by atoms with E-state index in [0.717, 1.165) is 19.3 Å². The molecule has 0 radical (unpaired) electrons. The molecule has 0 saturated carbocycles. The van der Waals surface area contributed by atoms with Gasteiger partial charge in [-0.1, -0.05) is 33.6 Å². The van der Waals surface area contributed by atoms with Crippen LogP contribution in [0.15, 0.2) is 0 Å². The summed E-state index contributed by atoms with van der Waals surface area (Å²) in [5.74, 6) is 0.968. The molecule has 1 aliphatic heterocycles. The number of carbonyl (C=O) groups is 1. The van der Waals surface area contributed by atoms with Gasteiger partial charge < -0.3 is 4.90 Å². The van der Waals surface area contributed by atoms with Crippen LogP contribution in [0.2, 0.25) is 0 Å². The minimum atomic E-state index is -0.00840. The quantitative estimate of drug-likeness (QED) is 0.774. The Balaban J connectivity index is 2.66. The zero-order valence-corrected chi connectivity index (χ0v) is 12.0. The molecule has 4 atom stereocenters. The van der Waals surface area contributed by atoms with Gasteiger partial charge in [0.05, 0.1) is 12.2 Å². The van der Waals surface area contributed by atoms with Crippen LogP contribution in [0.3, 0.4) is 0 Å². The lowest BCUT2D eigenvalue weighted by atomic mass is 9.99. The Labute approximate surface area is 106 Å². The first kappa shape index (κ1) is 14.5. The molecule has 0 aromatic heterocycles. The van der Waals surface area contributed by atoms with Crippen molar-refractivity contribution in [3.63, 3.8) is 0 Å². The van der Waals surface area contributed by atoms with Crippen molar-refractivity contribution in [3.8, 4) is 0 Å². The first-order chi connectivity index (χ1) is 8.01. The van der Waals surface area contributed by atoms with Gasteiger partial charge in [-0.25, -0.2) is 0 Å². The predicted octanol–water partition coefficient (Wildman–Crippen LogP) is 2.76. The number of carbonyl (C=O) groups excluding carboxylic acids is 1. The van der Waals surface area contributed by atoms with Crippen LogP contribution in [-0.2, 0) is 4.79 Å². The summed E-state index contributed by atoms with van der Waals surface area (Å²) in [6.45, 7) is 10.8. The normalized spacial score (nSPS) is 28.5. The second-order valence-corrected chi connectivity index (χ2v) is 5.54. The van der Waals surface area contributed by atoms with E-state index in [-0.39, 0.29) is 18.1 Å². The molecule has 1 aliphatic rings. The van der Waals surface area contributed by atoms with E-state index >= 15 is 0 Å². The summed E-state index contributed by atoms with van der Waals surface area (Å²) in [5, 5.41) is 3.40. The van der Waals surface area contributed by atoms with Crippen molar-refractivity contribution in [3.05, 3.63) is 0 Å². The van der Waals surface area contributed by atoms with Crippen molar-refractivity contribution in [2.45, 2.75) is 78.6 Å². The van der Waals surface area contributed by atoms with Crippen LogP contribution in [0.1, 0.15) is 60.3 Å². The average Bonchev–Trinajstić information content (AvgIpc) is 2.55. The van der Waals surface area contributed by atoms with E-state index in [1.54, 1.807) is 0 Å². The van der Waals surface area contributed by atoms with E-state index < -0.39 is 0 Å². The second-order valence-electron chi connectivity index (χ2n) is 5.54. The molecule has 1 rings (SSSR count). The Morgan fingerprint density at radius 2 is 2.00 bits per heavy atom. The van der Waals surface area contributed by atoms with Crippen molar-refractivity contribution in [1.29, 1.82) is 0 Å². The maximum absolute atomic E-state index is 12.2. The van der Waals surface area contributed by atoms with E-state index in [1.807, 2.05) is 6.92 Å². The van der Waals surface area contributed by atoms with E-state index in [9.17, 15) is 4.79 Å². The molecule has 1 amide bonds. The number of nitrogens with one attached hydrogen (secondary N) is 1. The first-order valence-electron chi connectivity index (χ1n) is 7.09. The fraction of sp³-hybridized carbons (Fsp3) is 0.929. The van der Waals surface area contributed by atoms with E-state index in [0.29, 0.717) is 12.0 Å². The van der Waals surface area contributed by atoms with Crippen molar-refractivity contribution >= 4 is 5.91 Å². The molecule has 1 heterocycles. The van der Waals surface area contributed by atoms with Crippen molar-refractivity contribution in [2.24, 2.45) is 5.92 Å². The summed E-state index contributed by atoms with van der Waals surface area (Å²) in [5.41, 5.74) is 0. The summed E-state index contributed by atoms with van der Waals surface area (Å²) < 4.78 is 0. The highest BCUT2D eigenvalue weighted by atomic mass is 16.2. The topological polar surface area (TPSA) is 32.3 Å². The third-order valence-corrected chi connectivity index (χ3v) is 3.88. The van der Waals surface area contributed by atoms with Crippen LogP contribution in [0.25, 0.3) is 0 Å². The molecule has 0 aromatic carbocycles. The van der Waals surface area contributed by atoms with Gasteiger partial charge in [0.25, 0.3) is 0 Å². The Bertz CT molecular complexity index is 255. The molecule has 1 N–H and O–H groups in total. The van der Waals surface area contributed by atoms with Crippen LogP contribution in [-0.4, -0.2) is 29.1 Å². The Hall–Kier alpha value is -0.570. The standard InChI is InChI=1S/C14H28N2O/c1-6-8-13-15-12(5)14(17)16(13)11(4)9-10(3)7-2/h10-13,15H,6-9H2,1-5H3. The Kier molecular flexibility index (Phi) is 5.44. The average molecular weight is 240 g/mol. The lowest BCUT2D eigenvalue weighted by Gasteiger charge is -2.31. The fourth-order valence-corrected chi connectivity index (χ4v) is 2.70. The molecule has 1 saturated heterocycles. The monoisotopic (exact) mass is 240 g/mol. The zero-order chi connectivity index (χ0) is 13.0. The fourth-order valence-electron chi connectivity index (χ4n) is 2.70. The van der Waals surface area contributed by atoms with Crippen molar-refractivity contribution in [1.82, 2.24) is 10.2 Å². The highest BCUT2D eigenvalue weighted by molar-refractivity contribution is 5.84. The molecule has 0 aromatic rings. The smallest absolute Gasteiger partial charge is 0.240 e. The number of amides is 1. The van der Waals surface area contributed by atoms with E-state index in [4.69, 9.17) is 0 Å². The zero-order valence-electron chi connectivity index (χ0n) is 12.0. The highest BCUT2D eigenvalue weighted by Gasteiger charge is 2.38. The van der Waals surface area contributed by atoms with E-state index in [1.165, 1.54) is 6.42 Å². The molecule has 4 unspecified atom stereocenters. The lowest BCUT2D eigenvalue weighted by molar-refractivity contribution is -0.132. The van der Waals surface area contributed by atoms with Crippen LogP contribution >= 0.6 is 0 Å². The number of nitrogens with zero attached hydrogens (tertiary/aromatic N) is 1. The number of rotatable bonds is 6. The molecule has 0 bridgehead atoms. The van der Waals surface area contributed by atoms with Gasteiger partial charge in [-0.15, -0.1) is 0 Å². The summed E-state index contributed by atoms with van der Waals surface area (Å²) in [6.07, 6.45) is 4.72. The Morgan fingerprint density at radius 3 is 2.53 bits per heavy atom. The minimum absolute atomic E-state index is 0.00840. The molecule has 0 aliphatic carbocycles. The van der Waals surface area contributed by atoms with Crippen LogP contribution in [0.4, 0.5) is 0 Å². The number of hydrogen-bond acceptors (Lipinski definition) is 2. The van der Waals surface area contributed by atoms with Crippen LogP contribution in [0.5, 0.6) is 0 Å². The van der Waals surface area contributed by atoms with Gasteiger partial charge in [0.2, 0.25) is 5.91 Å².